The molecule has 0 aliphatic heterocycles. The van der Waals surface area contributed by atoms with Crippen molar-refractivity contribution < 1.29 is 5.11 Å². The number of aliphatic hydroxyl groups excluding tert-OH is 1. The molecule has 1 N–H and O–H groups in total. The Morgan fingerprint density at radius 2 is 1.58 bits per heavy atom. The molecule has 3 heteroatoms. The first-order valence-electron chi connectivity index (χ1n) is 4.77. The molecular formula is C9H24OSiSn. The molecule has 0 saturated carbocycles. The third kappa shape index (κ3) is 5.59. The van der Waals surface area contributed by atoms with Crippen LogP contribution >= 0.6 is 0 Å². The van der Waals surface area contributed by atoms with Crippen LogP contribution < -0.4 is 0 Å². The van der Waals surface area contributed by atoms with Gasteiger partial charge in [-0.3, -0.25) is 0 Å². The fourth-order valence-electron chi connectivity index (χ4n) is 1.38. The number of hydrogen-bond acceptors (Lipinski definition) is 1. The Morgan fingerprint density at radius 1 is 1.17 bits per heavy atom. The zero-order chi connectivity index (χ0) is 9.99. The molecule has 1 nitrogen and oxygen atoms in total. The minimum atomic E-state index is -1.81. The average Bonchev–Trinajstić information content (AvgIpc) is 1.78. The van der Waals surface area contributed by atoms with Gasteiger partial charge in [0.25, 0.3) is 0 Å². The summed E-state index contributed by atoms with van der Waals surface area (Å²) in [7, 11) is -0.959. The first-order valence-corrected chi connectivity index (χ1v) is 18.7. The maximum atomic E-state index is 9.30. The van der Waals surface area contributed by atoms with Gasteiger partial charge in [-0.05, 0) is 0 Å². The van der Waals surface area contributed by atoms with Gasteiger partial charge in [0.15, 0.2) is 0 Å². The van der Waals surface area contributed by atoms with E-state index in [1.807, 2.05) is 0 Å². The predicted octanol–water partition coefficient (Wildman–Crippen LogP) is 3.03. The number of hydrogen-bond donors (Lipinski definition) is 1. The molecule has 0 fully saturated rings. The molecule has 0 spiro atoms. The SMILES string of the molecule is C[Si](C)(C)C[CH](CO)[Sn]([CH3])([CH3])[CH3]. The van der Waals surface area contributed by atoms with Gasteiger partial charge in [0.2, 0.25) is 0 Å². The fraction of sp³-hybridized carbons (Fsp3) is 1.00. The van der Waals surface area contributed by atoms with Crippen LogP contribution in [-0.2, 0) is 0 Å². The normalized spacial score (nSPS) is 16.2. The molecule has 0 radical (unpaired) electrons. The molecule has 1 atom stereocenters. The summed E-state index contributed by atoms with van der Waals surface area (Å²) < 4.78 is 0.686. The second-order valence-corrected chi connectivity index (χ2v) is 27.4. The summed E-state index contributed by atoms with van der Waals surface area (Å²) in [6.45, 7) is 7.62. The van der Waals surface area contributed by atoms with Crippen molar-refractivity contribution in [2.24, 2.45) is 0 Å². The van der Waals surface area contributed by atoms with Crippen molar-refractivity contribution >= 4 is 26.5 Å². The van der Waals surface area contributed by atoms with Crippen LogP contribution in [0.1, 0.15) is 0 Å². The van der Waals surface area contributed by atoms with Gasteiger partial charge in [0, 0.05) is 0 Å². The van der Waals surface area contributed by atoms with Gasteiger partial charge in [-0.2, -0.15) is 0 Å². The Hall–Kier alpha value is 0.976. The summed E-state index contributed by atoms with van der Waals surface area (Å²) in [6.07, 6.45) is 0. The molecule has 12 heavy (non-hydrogen) atoms. The Kier molecular flexibility index (Phi) is 4.83. The molecule has 0 heterocycles. The monoisotopic (exact) mass is 296 g/mol. The molecule has 0 rings (SSSR count). The van der Waals surface area contributed by atoms with Gasteiger partial charge in [0.05, 0.1) is 0 Å². The molecule has 0 amide bonds. The first-order chi connectivity index (χ1) is 5.17. The summed E-state index contributed by atoms with van der Waals surface area (Å²) >= 11 is -1.81. The van der Waals surface area contributed by atoms with Crippen molar-refractivity contribution in [2.45, 2.75) is 44.4 Å². The van der Waals surface area contributed by atoms with E-state index in [0.29, 0.717) is 10.5 Å². The molecule has 0 aliphatic rings. The van der Waals surface area contributed by atoms with Crippen LogP contribution in [0.3, 0.4) is 0 Å². The fourth-order valence-corrected chi connectivity index (χ4v) is 15.7. The molecule has 0 aromatic carbocycles. The summed E-state index contributed by atoms with van der Waals surface area (Å²) in [4.78, 5) is 7.28. The van der Waals surface area contributed by atoms with Crippen LogP contribution in [0.4, 0.5) is 0 Å². The Balaban J connectivity index is 4.20. The van der Waals surface area contributed by atoms with Crippen LogP contribution in [0.25, 0.3) is 0 Å². The third-order valence-electron chi connectivity index (χ3n) is 2.30. The standard InChI is InChI=1S/C6H15OSi.3CH3.Sn/c1-8(2,3)6-4-5-7;;;;/h4,7H,5-6H2,1-3H3;3*1H3;. The summed E-state index contributed by atoms with van der Waals surface area (Å²) in [5.74, 6) is 0. The van der Waals surface area contributed by atoms with Gasteiger partial charge in [-0.25, -0.2) is 0 Å². The molecule has 1 unspecified atom stereocenters. The van der Waals surface area contributed by atoms with E-state index < -0.39 is 26.5 Å². The quantitative estimate of drug-likeness (QED) is 0.790. The molecule has 0 bridgehead atoms. The molecule has 0 aromatic rings. The van der Waals surface area contributed by atoms with E-state index in [1.165, 1.54) is 6.04 Å². The zero-order valence-corrected chi connectivity index (χ0v) is 13.3. The summed E-state index contributed by atoms with van der Waals surface area (Å²) in [6, 6.07) is 1.32. The van der Waals surface area contributed by atoms with Gasteiger partial charge in [0.1, 0.15) is 0 Å². The van der Waals surface area contributed by atoms with E-state index in [0.717, 1.165) is 0 Å². The summed E-state index contributed by atoms with van der Waals surface area (Å²) in [5.41, 5.74) is 0. The summed E-state index contributed by atoms with van der Waals surface area (Å²) in [5, 5.41) is 9.30. The second-order valence-electron chi connectivity index (χ2n) is 6.01. The van der Waals surface area contributed by atoms with Crippen molar-refractivity contribution in [3.8, 4) is 0 Å². The Morgan fingerprint density at radius 3 is 1.67 bits per heavy atom. The topological polar surface area (TPSA) is 20.2 Å². The predicted molar refractivity (Wildman–Crippen MR) is 62.3 cm³/mol. The first kappa shape index (κ1) is 13.0. The van der Waals surface area contributed by atoms with Gasteiger partial charge < -0.3 is 0 Å². The van der Waals surface area contributed by atoms with Crippen LogP contribution in [0.15, 0.2) is 0 Å². The van der Waals surface area contributed by atoms with E-state index in [9.17, 15) is 5.11 Å². The molecular weight excluding hydrogens is 271 g/mol. The van der Waals surface area contributed by atoms with Gasteiger partial charge in [-0.1, -0.05) is 0 Å². The van der Waals surface area contributed by atoms with E-state index >= 15 is 0 Å². The van der Waals surface area contributed by atoms with E-state index in [2.05, 4.69) is 34.5 Å². The minimum absolute atomic E-state index is 0.434. The van der Waals surface area contributed by atoms with Crippen LogP contribution in [0.5, 0.6) is 0 Å². The zero-order valence-electron chi connectivity index (χ0n) is 9.44. The van der Waals surface area contributed by atoms with Crippen LogP contribution in [-0.4, -0.2) is 38.2 Å². The van der Waals surface area contributed by atoms with E-state index in [4.69, 9.17) is 0 Å². The molecule has 0 saturated heterocycles. The Bertz CT molecular complexity index is 134. The van der Waals surface area contributed by atoms with E-state index in [1.54, 1.807) is 0 Å². The average molecular weight is 295 g/mol. The second kappa shape index (κ2) is 4.46. The number of aliphatic hydroxyl groups is 1. The van der Waals surface area contributed by atoms with Crippen molar-refractivity contribution in [1.82, 2.24) is 0 Å². The number of rotatable bonds is 4. The van der Waals surface area contributed by atoms with Crippen LogP contribution in [0.2, 0.25) is 44.4 Å². The molecule has 0 aliphatic carbocycles. The van der Waals surface area contributed by atoms with Crippen molar-refractivity contribution in [3.63, 3.8) is 0 Å². The third-order valence-corrected chi connectivity index (χ3v) is 13.3. The van der Waals surface area contributed by atoms with Crippen LogP contribution in [0, 0.1) is 0 Å². The maximum absolute atomic E-state index is 9.30. The molecule has 74 valence electrons. The van der Waals surface area contributed by atoms with Crippen molar-refractivity contribution in [3.05, 3.63) is 0 Å². The van der Waals surface area contributed by atoms with Crippen molar-refractivity contribution in [2.75, 3.05) is 6.61 Å². The van der Waals surface area contributed by atoms with Gasteiger partial charge in [-0.15, -0.1) is 0 Å². The van der Waals surface area contributed by atoms with Crippen molar-refractivity contribution in [1.29, 1.82) is 0 Å². The Labute approximate surface area is 82.5 Å². The molecule has 0 aromatic heterocycles. The van der Waals surface area contributed by atoms with E-state index in [-0.39, 0.29) is 0 Å². The van der Waals surface area contributed by atoms with Gasteiger partial charge >= 0.3 is 82.6 Å².